The van der Waals surface area contributed by atoms with Gasteiger partial charge in [0.15, 0.2) is 0 Å². The molecule has 0 saturated carbocycles. The molecular formula is C16H23FeN5O6. The Bertz CT molecular complexity index is 784. The van der Waals surface area contributed by atoms with E-state index in [9.17, 15) is 19.2 Å². The third kappa shape index (κ3) is 8.29. The van der Waals surface area contributed by atoms with Gasteiger partial charge in [-0.3, -0.25) is 19.2 Å². The first-order valence-corrected chi connectivity index (χ1v) is 7.72. The van der Waals surface area contributed by atoms with Gasteiger partial charge in [-0.1, -0.05) is 0 Å². The van der Waals surface area contributed by atoms with Gasteiger partial charge in [0.05, 0.1) is 0 Å². The predicted octanol–water partition coefficient (Wildman–Crippen LogP) is -2.84. The number of H-pyrrole nitrogens is 2. The smallest absolute Gasteiger partial charge is 0.260 e. The second-order valence-electron chi connectivity index (χ2n) is 5.09. The minimum atomic E-state index is -0.444. The van der Waals surface area contributed by atoms with Gasteiger partial charge in [0.1, 0.15) is 11.1 Å². The van der Waals surface area contributed by atoms with E-state index in [4.69, 9.17) is 0 Å². The number of hydrogen-bond donors (Lipinski definition) is 5. The molecule has 11 nitrogen and oxygen atoms in total. The fraction of sp³-hybridized carbons (Fsp3) is 0.250. The monoisotopic (exact) mass is 437 g/mol. The Morgan fingerprint density at radius 1 is 0.750 bits per heavy atom. The maximum Gasteiger partial charge on any atom is 0.260 e. The van der Waals surface area contributed by atoms with Gasteiger partial charge in [-0.2, -0.15) is 0 Å². The van der Waals surface area contributed by atoms with E-state index in [1.807, 2.05) is 0 Å². The normalized spacial score (nSPS) is 9.14. The molecule has 2 amide bonds. The summed E-state index contributed by atoms with van der Waals surface area (Å²) in [7, 11) is 0. The second kappa shape index (κ2) is 14.3. The van der Waals surface area contributed by atoms with E-state index < -0.39 is 22.9 Å². The molecule has 2 aromatic heterocycles. The Hall–Kier alpha value is -2.76. The summed E-state index contributed by atoms with van der Waals surface area (Å²) in [6, 6.07) is 6.05. The van der Waals surface area contributed by atoms with Gasteiger partial charge in [-0.25, -0.2) is 0 Å². The van der Waals surface area contributed by atoms with Crippen molar-refractivity contribution in [2.24, 2.45) is 0 Å². The molecule has 2 heterocycles. The van der Waals surface area contributed by atoms with Crippen LogP contribution < -0.4 is 27.1 Å². The summed E-state index contributed by atoms with van der Waals surface area (Å²) in [5.41, 5.74) is -0.760. The maximum absolute atomic E-state index is 11.8. The van der Waals surface area contributed by atoms with Crippen molar-refractivity contribution in [2.75, 3.05) is 26.2 Å². The first kappa shape index (κ1) is 27.5. The van der Waals surface area contributed by atoms with Gasteiger partial charge >= 0.3 is 0 Å². The summed E-state index contributed by atoms with van der Waals surface area (Å²) in [5, 5.41) is 8.26. The number of aromatic nitrogens is 2. The summed E-state index contributed by atoms with van der Waals surface area (Å²) >= 11 is 0. The van der Waals surface area contributed by atoms with Crippen molar-refractivity contribution < 1.29 is 37.6 Å². The molecule has 0 aromatic carbocycles. The van der Waals surface area contributed by atoms with Gasteiger partial charge in [0.2, 0.25) is 0 Å². The number of carbonyl (C=O) groups is 2. The molecule has 0 saturated heterocycles. The Morgan fingerprint density at radius 2 is 1.14 bits per heavy atom. The summed E-state index contributed by atoms with van der Waals surface area (Å²) < 4.78 is 0. The number of nitrogens with one attached hydrogen (secondary N) is 5. The fourth-order valence-electron chi connectivity index (χ4n) is 2.05. The minimum absolute atomic E-state index is 0. The van der Waals surface area contributed by atoms with Crippen LogP contribution in [0.2, 0.25) is 0 Å². The van der Waals surface area contributed by atoms with E-state index >= 15 is 0 Å². The van der Waals surface area contributed by atoms with Crippen LogP contribution in [0.1, 0.15) is 20.7 Å². The van der Waals surface area contributed by atoms with Crippen molar-refractivity contribution in [3.05, 3.63) is 68.5 Å². The maximum atomic E-state index is 11.8. The van der Waals surface area contributed by atoms with Gasteiger partial charge < -0.3 is 36.9 Å². The molecule has 156 valence electrons. The number of carbonyl (C=O) groups excluding carboxylic acids is 2. The second-order valence-corrected chi connectivity index (χ2v) is 5.09. The van der Waals surface area contributed by atoms with E-state index in [0.717, 1.165) is 0 Å². The SMILES string of the molecule is O.O.O=C(NCCNCCNC(=O)c1ccc[nH]c1=O)c1ccc[nH]c1=O.[Fe]. The van der Waals surface area contributed by atoms with Gasteiger partial charge in [0, 0.05) is 55.6 Å². The molecule has 12 heteroatoms. The van der Waals surface area contributed by atoms with Crippen LogP contribution in [0, 0.1) is 0 Å². The standard InChI is InChI=1S/C16H19N5O4.Fe.2H2O/c22-13-11(3-1-5-18-13)15(24)20-9-7-17-8-10-21-16(25)12-4-2-6-19-14(12)23;;;/h1-6,17H,7-10H2,(H,18,22)(H,19,23)(H,20,24)(H,21,25);;2*1H2. The van der Waals surface area contributed by atoms with Crippen LogP contribution in [-0.4, -0.2) is 58.9 Å². The van der Waals surface area contributed by atoms with Gasteiger partial charge in [0.25, 0.3) is 22.9 Å². The third-order valence-corrected chi connectivity index (χ3v) is 3.30. The first-order chi connectivity index (χ1) is 12.1. The summed E-state index contributed by atoms with van der Waals surface area (Å²) in [4.78, 5) is 51.3. The van der Waals surface area contributed by atoms with Crippen molar-refractivity contribution in [1.82, 2.24) is 25.9 Å². The molecule has 0 fully saturated rings. The summed E-state index contributed by atoms with van der Waals surface area (Å²) in [6.45, 7) is 1.61. The number of aromatic amines is 2. The van der Waals surface area contributed by atoms with E-state index in [2.05, 4.69) is 25.9 Å². The molecule has 0 unspecified atom stereocenters. The van der Waals surface area contributed by atoms with Crippen LogP contribution in [0.5, 0.6) is 0 Å². The predicted molar refractivity (Wildman–Crippen MR) is 98.9 cm³/mol. The molecule has 0 atom stereocenters. The van der Waals surface area contributed by atoms with E-state index in [-0.39, 0.29) is 39.1 Å². The topological polar surface area (TPSA) is 199 Å². The number of hydrogen-bond acceptors (Lipinski definition) is 5. The minimum Gasteiger partial charge on any atom is -0.412 e. The van der Waals surface area contributed by atoms with Gasteiger partial charge in [-0.15, -0.1) is 0 Å². The first-order valence-electron chi connectivity index (χ1n) is 7.72. The van der Waals surface area contributed by atoms with Crippen LogP contribution in [-0.2, 0) is 17.1 Å². The number of pyridine rings is 2. The van der Waals surface area contributed by atoms with Crippen LogP contribution in [0.15, 0.2) is 46.2 Å². The number of rotatable bonds is 8. The van der Waals surface area contributed by atoms with Crippen molar-refractivity contribution in [2.45, 2.75) is 0 Å². The zero-order chi connectivity index (χ0) is 18.1. The number of amides is 2. The molecule has 0 aliphatic rings. The molecule has 0 aliphatic heterocycles. The molecule has 9 N–H and O–H groups in total. The average molecular weight is 437 g/mol. The molecule has 2 rings (SSSR count). The molecule has 0 spiro atoms. The zero-order valence-electron chi connectivity index (χ0n) is 14.8. The van der Waals surface area contributed by atoms with Crippen LogP contribution in [0.25, 0.3) is 0 Å². The van der Waals surface area contributed by atoms with Gasteiger partial charge in [-0.05, 0) is 24.3 Å². The molecule has 2 aromatic rings. The van der Waals surface area contributed by atoms with E-state index in [1.54, 1.807) is 12.1 Å². The summed E-state index contributed by atoms with van der Waals surface area (Å²) in [5.74, 6) is -0.888. The van der Waals surface area contributed by atoms with Crippen LogP contribution in [0.3, 0.4) is 0 Å². The largest absolute Gasteiger partial charge is 0.412 e. The van der Waals surface area contributed by atoms with E-state index in [0.29, 0.717) is 26.2 Å². The fourth-order valence-corrected chi connectivity index (χ4v) is 2.05. The molecule has 0 bridgehead atoms. The summed E-state index contributed by atoms with van der Waals surface area (Å²) in [6.07, 6.45) is 2.91. The van der Waals surface area contributed by atoms with Crippen molar-refractivity contribution in [1.29, 1.82) is 0 Å². The molecule has 0 radical (unpaired) electrons. The Morgan fingerprint density at radius 3 is 1.50 bits per heavy atom. The van der Waals surface area contributed by atoms with Crippen molar-refractivity contribution >= 4 is 11.8 Å². The Labute approximate surface area is 170 Å². The molecule has 0 aliphatic carbocycles. The quantitative estimate of drug-likeness (QED) is 0.218. The zero-order valence-corrected chi connectivity index (χ0v) is 15.9. The molecular weight excluding hydrogens is 414 g/mol. The van der Waals surface area contributed by atoms with Crippen LogP contribution in [0.4, 0.5) is 0 Å². The third-order valence-electron chi connectivity index (χ3n) is 3.30. The van der Waals surface area contributed by atoms with Crippen LogP contribution >= 0.6 is 0 Å². The van der Waals surface area contributed by atoms with Crippen molar-refractivity contribution in [3.8, 4) is 0 Å². The Kier molecular flexibility index (Phi) is 14.0. The van der Waals surface area contributed by atoms with Crippen molar-refractivity contribution in [3.63, 3.8) is 0 Å². The van der Waals surface area contributed by atoms with E-state index in [1.165, 1.54) is 24.5 Å². The Balaban J connectivity index is 0. The average Bonchev–Trinajstić information content (AvgIpc) is 2.61. The molecule has 28 heavy (non-hydrogen) atoms.